The van der Waals surface area contributed by atoms with E-state index >= 15 is 0 Å². The van der Waals surface area contributed by atoms with Crippen LogP contribution in [0.15, 0.2) is 23.1 Å². The zero-order chi connectivity index (χ0) is 22.0. The van der Waals surface area contributed by atoms with Gasteiger partial charge in [0.05, 0.1) is 12.4 Å². The lowest BCUT2D eigenvalue weighted by atomic mass is 10.2. The third-order valence-electron chi connectivity index (χ3n) is 3.01. The normalized spacial score (nSPS) is 11.5. The maximum Gasteiger partial charge on any atom is 0.436 e. The highest BCUT2D eigenvalue weighted by molar-refractivity contribution is 9.10. The summed E-state index contributed by atoms with van der Waals surface area (Å²) in [7, 11) is 0. The van der Waals surface area contributed by atoms with E-state index in [0.717, 1.165) is 9.58 Å². The van der Waals surface area contributed by atoms with E-state index in [1.54, 1.807) is 41.5 Å². The first-order valence-corrected chi connectivity index (χ1v) is 9.34. The van der Waals surface area contributed by atoms with Crippen molar-refractivity contribution >= 4 is 39.8 Å². The Morgan fingerprint density at radius 1 is 1.07 bits per heavy atom. The van der Waals surface area contributed by atoms with Crippen molar-refractivity contribution in [2.24, 2.45) is 0 Å². The molecule has 0 unspecified atom stereocenters. The number of carbonyl (C=O) groups is 2. The second-order valence-corrected chi connectivity index (χ2v) is 8.72. The molecule has 1 amide bonds. The Kier molecular flexibility index (Phi) is 6.27. The Balaban J connectivity index is 2.48. The van der Waals surface area contributed by atoms with Gasteiger partial charge in [-0.2, -0.15) is 9.94 Å². The minimum atomic E-state index is -0.791. The van der Waals surface area contributed by atoms with Gasteiger partial charge in [0.15, 0.2) is 17.3 Å². The van der Waals surface area contributed by atoms with Gasteiger partial charge in [-0.3, -0.25) is 0 Å². The van der Waals surface area contributed by atoms with Crippen molar-refractivity contribution in [3.8, 4) is 6.07 Å². The van der Waals surface area contributed by atoms with Crippen molar-refractivity contribution in [2.75, 3.05) is 4.90 Å². The summed E-state index contributed by atoms with van der Waals surface area (Å²) in [5.41, 5.74) is -1.44. The first-order valence-electron chi connectivity index (χ1n) is 8.55. The second kappa shape index (κ2) is 8.16. The van der Waals surface area contributed by atoms with Crippen LogP contribution >= 0.6 is 15.9 Å². The monoisotopic (exact) mass is 464 g/mol. The largest absolute Gasteiger partial charge is 0.443 e. The molecule has 0 aliphatic heterocycles. The molecule has 0 bridgehead atoms. The van der Waals surface area contributed by atoms with Crippen molar-refractivity contribution in [1.29, 1.82) is 5.26 Å². The molecule has 0 aliphatic rings. The minimum Gasteiger partial charge on any atom is -0.443 e. The molecule has 2 heterocycles. The molecule has 0 saturated heterocycles. The molecule has 0 aromatic carbocycles. The van der Waals surface area contributed by atoms with Crippen LogP contribution in [0.3, 0.4) is 0 Å². The Bertz CT molecular complexity index is 951. The number of hydrogen-bond acceptors (Lipinski definition) is 8. The van der Waals surface area contributed by atoms with Crippen molar-refractivity contribution in [1.82, 2.24) is 19.7 Å². The summed E-state index contributed by atoms with van der Waals surface area (Å²) in [6, 6.07) is 3.29. The number of nitriles is 1. The number of halogens is 1. The van der Waals surface area contributed by atoms with Crippen LogP contribution in [0.5, 0.6) is 0 Å². The van der Waals surface area contributed by atoms with Crippen LogP contribution in [0.2, 0.25) is 0 Å². The van der Waals surface area contributed by atoms with Crippen molar-refractivity contribution in [3.05, 3.63) is 28.8 Å². The molecule has 0 N–H and O–H groups in total. The molecule has 0 radical (unpaired) electrons. The van der Waals surface area contributed by atoms with Gasteiger partial charge in [-0.25, -0.2) is 24.5 Å². The van der Waals surface area contributed by atoms with Crippen LogP contribution in [0.4, 0.5) is 21.2 Å². The zero-order valence-electron chi connectivity index (χ0n) is 16.9. The van der Waals surface area contributed by atoms with Crippen LogP contribution in [-0.2, 0) is 9.47 Å². The fourth-order valence-electron chi connectivity index (χ4n) is 2.00. The first-order chi connectivity index (χ1) is 13.3. The summed E-state index contributed by atoms with van der Waals surface area (Å²) in [4.78, 5) is 34.3. The Morgan fingerprint density at radius 2 is 1.69 bits per heavy atom. The third kappa shape index (κ3) is 5.99. The molecular weight excluding hydrogens is 444 g/mol. The SMILES string of the molecule is CC(C)(C)OC(=O)N(c1cnc(C#N)cn1)c1cc(Br)n(C(=O)OC(C)(C)C)n1. The van der Waals surface area contributed by atoms with Crippen LogP contribution in [0, 0.1) is 11.3 Å². The van der Waals surface area contributed by atoms with Gasteiger partial charge in [0.1, 0.15) is 21.9 Å². The number of carbonyl (C=O) groups excluding carboxylic acids is 2. The highest BCUT2D eigenvalue weighted by atomic mass is 79.9. The van der Waals surface area contributed by atoms with Gasteiger partial charge in [-0.15, -0.1) is 5.10 Å². The van der Waals surface area contributed by atoms with E-state index in [4.69, 9.17) is 14.7 Å². The van der Waals surface area contributed by atoms with Gasteiger partial charge in [-0.05, 0) is 57.5 Å². The van der Waals surface area contributed by atoms with Gasteiger partial charge in [0.2, 0.25) is 0 Å². The molecule has 0 atom stereocenters. The number of anilines is 2. The number of hydrogen-bond donors (Lipinski definition) is 0. The van der Waals surface area contributed by atoms with E-state index in [1.807, 2.05) is 6.07 Å². The smallest absolute Gasteiger partial charge is 0.436 e. The van der Waals surface area contributed by atoms with E-state index in [-0.39, 0.29) is 21.9 Å². The lowest BCUT2D eigenvalue weighted by Gasteiger charge is -2.25. The van der Waals surface area contributed by atoms with Crippen molar-refractivity contribution in [2.45, 2.75) is 52.7 Å². The van der Waals surface area contributed by atoms with Crippen LogP contribution in [0.1, 0.15) is 47.2 Å². The number of nitrogens with zero attached hydrogens (tertiary/aromatic N) is 6. The molecule has 11 heteroatoms. The van der Waals surface area contributed by atoms with Gasteiger partial charge in [0, 0.05) is 6.07 Å². The molecule has 154 valence electrons. The predicted molar refractivity (Wildman–Crippen MR) is 107 cm³/mol. The van der Waals surface area contributed by atoms with Crippen molar-refractivity contribution in [3.63, 3.8) is 0 Å². The summed E-state index contributed by atoms with van der Waals surface area (Å²) < 4.78 is 12.0. The summed E-state index contributed by atoms with van der Waals surface area (Å²) >= 11 is 3.24. The van der Waals surface area contributed by atoms with Crippen LogP contribution in [0.25, 0.3) is 0 Å². The maximum absolute atomic E-state index is 12.8. The fourth-order valence-corrected chi connectivity index (χ4v) is 2.42. The van der Waals surface area contributed by atoms with Gasteiger partial charge < -0.3 is 9.47 Å². The number of amides is 1. The van der Waals surface area contributed by atoms with Crippen molar-refractivity contribution < 1.29 is 19.1 Å². The standard InChI is InChI=1S/C18H21BrN6O4/c1-17(2,3)28-15(26)24(14-10-21-11(8-20)9-22-14)13-7-12(19)25(23-13)16(27)29-18(4,5)6/h7,9-10H,1-6H3. The third-order valence-corrected chi connectivity index (χ3v) is 3.57. The average molecular weight is 465 g/mol. The van der Waals surface area contributed by atoms with E-state index in [0.29, 0.717) is 0 Å². The van der Waals surface area contributed by atoms with E-state index in [9.17, 15) is 9.59 Å². The molecule has 0 aliphatic carbocycles. The van der Waals surface area contributed by atoms with E-state index < -0.39 is 23.4 Å². The number of ether oxygens (including phenoxy) is 2. The van der Waals surface area contributed by atoms with Gasteiger partial charge in [-0.1, -0.05) is 0 Å². The summed E-state index contributed by atoms with van der Waals surface area (Å²) in [6.07, 6.45) is 0.943. The predicted octanol–water partition coefficient (Wildman–Crippen LogP) is 4.16. The number of aromatic nitrogens is 4. The second-order valence-electron chi connectivity index (χ2n) is 7.90. The lowest BCUT2D eigenvalue weighted by molar-refractivity contribution is 0.0506. The van der Waals surface area contributed by atoms with E-state index in [2.05, 4.69) is 31.0 Å². The molecule has 0 spiro atoms. The topological polar surface area (TPSA) is 123 Å². The minimum absolute atomic E-state index is 0.0518. The molecule has 29 heavy (non-hydrogen) atoms. The molecule has 2 rings (SSSR count). The Hall–Kier alpha value is -3.00. The molecular formula is C18H21BrN6O4. The Labute approximate surface area is 176 Å². The molecule has 0 saturated carbocycles. The highest BCUT2D eigenvalue weighted by Gasteiger charge is 2.30. The van der Waals surface area contributed by atoms with Crippen LogP contribution < -0.4 is 4.90 Å². The highest BCUT2D eigenvalue weighted by Crippen LogP contribution is 2.28. The quantitative estimate of drug-likeness (QED) is 0.648. The van der Waals surface area contributed by atoms with Crippen LogP contribution in [-0.4, -0.2) is 43.1 Å². The fraction of sp³-hybridized carbons (Fsp3) is 0.444. The summed E-state index contributed by atoms with van der Waals surface area (Å²) in [5.74, 6) is 0.121. The molecule has 2 aromatic rings. The molecule has 10 nitrogen and oxygen atoms in total. The summed E-state index contributed by atoms with van der Waals surface area (Å²) in [5, 5.41) is 13.1. The summed E-state index contributed by atoms with van der Waals surface area (Å²) in [6.45, 7) is 10.3. The van der Waals surface area contributed by atoms with Gasteiger partial charge >= 0.3 is 12.2 Å². The van der Waals surface area contributed by atoms with E-state index in [1.165, 1.54) is 18.5 Å². The molecule has 2 aromatic heterocycles. The van der Waals surface area contributed by atoms with Gasteiger partial charge in [0.25, 0.3) is 0 Å². The Morgan fingerprint density at radius 3 is 2.17 bits per heavy atom. The molecule has 0 fully saturated rings. The lowest BCUT2D eigenvalue weighted by Crippen LogP contribution is -2.35. The maximum atomic E-state index is 12.8. The average Bonchev–Trinajstić information content (AvgIpc) is 2.94. The first kappa shape index (κ1) is 22.3. The number of rotatable bonds is 2. The zero-order valence-corrected chi connectivity index (χ0v) is 18.5.